The zero-order valence-corrected chi connectivity index (χ0v) is 21.0. The summed E-state index contributed by atoms with van der Waals surface area (Å²) in [5.41, 5.74) is -0.555. The number of ether oxygens (including phenoxy) is 1. The van der Waals surface area contributed by atoms with Crippen LogP contribution in [0.25, 0.3) is 0 Å². The smallest absolute Gasteiger partial charge is 0.307 e. The molecule has 1 heterocycles. The maximum absolute atomic E-state index is 12.5. The van der Waals surface area contributed by atoms with E-state index in [1.54, 1.807) is 0 Å². The zero-order valence-electron chi connectivity index (χ0n) is 20.2. The molecule has 1 aromatic rings. The van der Waals surface area contributed by atoms with Gasteiger partial charge >= 0.3 is 5.97 Å². The topological polar surface area (TPSA) is 111 Å². The Morgan fingerprint density at radius 1 is 1.22 bits per heavy atom. The minimum Gasteiger partial charge on any atom is -0.460 e. The first kappa shape index (κ1) is 26.8. The van der Waals surface area contributed by atoms with E-state index in [1.807, 2.05) is 27.7 Å². The lowest BCUT2D eigenvalue weighted by Gasteiger charge is -2.23. The van der Waals surface area contributed by atoms with Crippen molar-refractivity contribution in [1.29, 1.82) is 0 Å². The van der Waals surface area contributed by atoms with E-state index in [2.05, 4.69) is 14.9 Å². The van der Waals surface area contributed by atoms with Gasteiger partial charge in [0, 0.05) is 5.92 Å². The van der Waals surface area contributed by atoms with Gasteiger partial charge in [-0.25, -0.2) is 13.1 Å². The molecule has 1 N–H and O–H groups in total. The molecule has 9 heteroatoms. The maximum Gasteiger partial charge on any atom is 0.307 e. The lowest BCUT2D eigenvalue weighted by Crippen LogP contribution is -2.26. The van der Waals surface area contributed by atoms with E-state index < -0.39 is 15.6 Å². The van der Waals surface area contributed by atoms with Crippen molar-refractivity contribution in [1.82, 2.24) is 14.9 Å². The Bertz CT molecular complexity index is 795. The summed E-state index contributed by atoms with van der Waals surface area (Å²) in [6, 6.07) is 0. The van der Waals surface area contributed by atoms with Crippen molar-refractivity contribution in [2.75, 3.05) is 5.75 Å². The van der Waals surface area contributed by atoms with Crippen molar-refractivity contribution >= 4 is 16.0 Å². The van der Waals surface area contributed by atoms with Crippen LogP contribution in [0.5, 0.6) is 0 Å². The molecule has 0 radical (unpaired) electrons. The van der Waals surface area contributed by atoms with E-state index in [0.717, 1.165) is 31.6 Å². The first-order chi connectivity index (χ1) is 15.1. The maximum atomic E-state index is 12.5. The molecule has 8 nitrogen and oxygen atoms in total. The van der Waals surface area contributed by atoms with Crippen molar-refractivity contribution in [2.45, 2.75) is 116 Å². The molecule has 1 aliphatic rings. The fourth-order valence-corrected chi connectivity index (χ4v) is 5.27. The van der Waals surface area contributed by atoms with E-state index >= 15 is 0 Å². The van der Waals surface area contributed by atoms with Gasteiger partial charge in [0.05, 0.1) is 18.7 Å². The summed E-state index contributed by atoms with van der Waals surface area (Å²) in [5.74, 6) is 0.980. The standard InChI is InChI=1S/C23H41N3O5S/c1-5-6-15-32(28,29)24-17-20-25-22(31-26-20)19(16-21(27)30-23(2,3)4)14-10-13-18-11-8-7-9-12-18/h18-19,24H,5-17H2,1-4H3/t19-/m1/s1. The van der Waals surface area contributed by atoms with E-state index in [4.69, 9.17) is 9.26 Å². The molecule has 0 amide bonds. The van der Waals surface area contributed by atoms with Crippen LogP contribution in [0, 0.1) is 5.92 Å². The summed E-state index contributed by atoms with van der Waals surface area (Å²) in [6.07, 6.45) is 11.0. The number of aromatic nitrogens is 2. The van der Waals surface area contributed by atoms with Crippen molar-refractivity contribution in [2.24, 2.45) is 5.92 Å². The van der Waals surface area contributed by atoms with Crippen molar-refractivity contribution in [3.63, 3.8) is 0 Å². The van der Waals surface area contributed by atoms with E-state index in [0.29, 0.717) is 12.3 Å². The van der Waals surface area contributed by atoms with Crippen LogP contribution < -0.4 is 4.72 Å². The third kappa shape index (κ3) is 10.4. The Labute approximate surface area is 193 Å². The molecule has 0 aliphatic heterocycles. The SMILES string of the molecule is CCCCS(=O)(=O)NCc1noc([C@H](CCCC2CCCCC2)CC(=O)OC(C)(C)C)n1. The van der Waals surface area contributed by atoms with Gasteiger partial charge in [-0.1, -0.05) is 63.4 Å². The summed E-state index contributed by atoms with van der Waals surface area (Å²) in [6.45, 7) is 7.46. The van der Waals surface area contributed by atoms with E-state index in [-0.39, 0.29) is 36.4 Å². The summed E-state index contributed by atoms with van der Waals surface area (Å²) >= 11 is 0. The van der Waals surface area contributed by atoms with Crippen LogP contribution in [0.3, 0.4) is 0 Å². The molecule has 0 unspecified atom stereocenters. The van der Waals surface area contributed by atoms with Gasteiger partial charge in [-0.3, -0.25) is 4.79 Å². The first-order valence-corrected chi connectivity index (χ1v) is 13.7. The minimum atomic E-state index is -3.36. The number of nitrogens with one attached hydrogen (secondary N) is 1. The van der Waals surface area contributed by atoms with Crippen LogP contribution in [0.2, 0.25) is 0 Å². The molecule has 1 aliphatic carbocycles. The van der Waals surface area contributed by atoms with Gasteiger partial charge in [-0.15, -0.1) is 0 Å². The van der Waals surface area contributed by atoms with Crippen LogP contribution in [-0.2, 0) is 26.1 Å². The molecule has 0 spiro atoms. The largest absolute Gasteiger partial charge is 0.460 e. The molecule has 0 saturated heterocycles. The number of unbranched alkanes of at least 4 members (excludes halogenated alkanes) is 1. The second kappa shape index (κ2) is 12.7. The third-order valence-electron chi connectivity index (χ3n) is 5.77. The molecule has 1 fully saturated rings. The summed E-state index contributed by atoms with van der Waals surface area (Å²) in [4.78, 5) is 16.9. The predicted molar refractivity (Wildman–Crippen MR) is 123 cm³/mol. The third-order valence-corrected chi connectivity index (χ3v) is 7.18. The number of hydrogen-bond acceptors (Lipinski definition) is 7. The first-order valence-electron chi connectivity index (χ1n) is 12.1. The van der Waals surface area contributed by atoms with Crippen LogP contribution in [-0.4, -0.2) is 35.9 Å². The lowest BCUT2D eigenvalue weighted by molar-refractivity contribution is -0.155. The molecule has 0 aromatic carbocycles. The quantitative estimate of drug-likeness (QED) is 0.409. The highest BCUT2D eigenvalue weighted by Gasteiger charge is 2.26. The van der Waals surface area contributed by atoms with E-state index in [9.17, 15) is 13.2 Å². The number of carbonyl (C=O) groups excluding carboxylic acids is 1. The molecule has 2 rings (SSSR count). The van der Waals surface area contributed by atoms with Gasteiger partial charge in [0.2, 0.25) is 15.9 Å². The molecular weight excluding hydrogens is 430 g/mol. The van der Waals surface area contributed by atoms with Gasteiger partial charge in [-0.05, 0) is 39.5 Å². The van der Waals surface area contributed by atoms with Gasteiger partial charge in [0.25, 0.3) is 0 Å². The normalized spacial score (nSPS) is 16.8. The van der Waals surface area contributed by atoms with Crippen LogP contribution in [0.4, 0.5) is 0 Å². The van der Waals surface area contributed by atoms with Gasteiger partial charge in [0.15, 0.2) is 5.82 Å². The van der Waals surface area contributed by atoms with Gasteiger partial charge in [-0.2, -0.15) is 4.98 Å². The molecule has 184 valence electrons. The number of rotatable bonds is 13. The Hall–Kier alpha value is -1.48. The fourth-order valence-electron chi connectivity index (χ4n) is 4.11. The lowest BCUT2D eigenvalue weighted by atomic mass is 9.84. The summed E-state index contributed by atoms with van der Waals surface area (Å²) in [5, 5.41) is 3.94. The Kier molecular flexibility index (Phi) is 10.6. The Morgan fingerprint density at radius 2 is 1.94 bits per heavy atom. The minimum absolute atomic E-state index is 0.0171. The summed E-state index contributed by atoms with van der Waals surface area (Å²) < 4.78 is 37.5. The predicted octanol–water partition coefficient (Wildman–Crippen LogP) is 4.86. The molecule has 32 heavy (non-hydrogen) atoms. The molecule has 1 saturated carbocycles. The number of nitrogens with zero attached hydrogens (tertiary/aromatic N) is 2. The van der Waals surface area contributed by atoms with E-state index in [1.165, 1.54) is 32.1 Å². The molecule has 0 bridgehead atoms. The Morgan fingerprint density at radius 3 is 2.59 bits per heavy atom. The van der Waals surface area contributed by atoms with Gasteiger partial charge in [0.1, 0.15) is 5.60 Å². The highest BCUT2D eigenvalue weighted by molar-refractivity contribution is 7.89. The molecule has 1 aromatic heterocycles. The van der Waals surface area contributed by atoms with Crippen LogP contribution >= 0.6 is 0 Å². The second-order valence-corrected chi connectivity index (χ2v) is 11.9. The zero-order chi connectivity index (χ0) is 23.6. The fraction of sp³-hybridized carbons (Fsp3) is 0.870. The number of esters is 1. The van der Waals surface area contributed by atoms with Crippen molar-refractivity contribution in [3.8, 4) is 0 Å². The summed E-state index contributed by atoms with van der Waals surface area (Å²) in [7, 11) is -3.36. The number of sulfonamides is 1. The number of carbonyl (C=O) groups is 1. The monoisotopic (exact) mass is 471 g/mol. The second-order valence-electron chi connectivity index (χ2n) is 9.96. The highest BCUT2D eigenvalue weighted by Crippen LogP contribution is 2.31. The van der Waals surface area contributed by atoms with Crippen molar-refractivity contribution < 1.29 is 22.5 Å². The molecule has 1 atom stereocenters. The van der Waals surface area contributed by atoms with Crippen LogP contribution in [0.15, 0.2) is 4.52 Å². The average Bonchev–Trinajstić information content (AvgIpc) is 3.19. The molecular formula is C23H41N3O5S. The van der Waals surface area contributed by atoms with Crippen molar-refractivity contribution in [3.05, 3.63) is 11.7 Å². The number of hydrogen-bond donors (Lipinski definition) is 1. The Balaban J connectivity index is 1.98. The average molecular weight is 472 g/mol. The van der Waals surface area contributed by atoms with Crippen LogP contribution in [0.1, 0.15) is 116 Å². The highest BCUT2D eigenvalue weighted by atomic mass is 32.2. The van der Waals surface area contributed by atoms with Gasteiger partial charge < -0.3 is 9.26 Å².